The van der Waals surface area contributed by atoms with Crippen molar-refractivity contribution in [2.24, 2.45) is 11.6 Å². The van der Waals surface area contributed by atoms with Gasteiger partial charge in [-0.15, -0.1) is 0 Å². The molecule has 1 aliphatic rings. The van der Waals surface area contributed by atoms with Gasteiger partial charge in [0.2, 0.25) is 0 Å². The van der Waals surface area contributed by atoms with Gasteiger partial charge in [-0.2, -0.15) is 13.2 Å². The highest BCUT2D eigenvalue weighted by Crippen LogP contribution is 2.35. The number of rotatable bonds is 5. The number of aromatic nitrogens is 3. The van der Waals surface area contributed by atoms with Gasteiger partial charge in [0, 0.05) is 30.4 Å². The highest BCUT2D eigenvalue weighted by molar-refractivity contribution is 5.69. The van der Waals surface area contributed by atoms with Crippen molar-refractivity contribution in [1.29, 1.82) is 0 Å². The zero-order chi connectivity index (χ0) is 27.6. The molecule has 0 saturated carbocycles. The molecule has 0 bridgehead atoms. The maximum atomic E-state index is 13.1. The summed E-state index contributed by atoms with van der Waals surface area (Å²) in [6.45, 7) is 11.2. The van der Waals surface area contributed by atoms with Gasteiger partial charge < -0.3 is 15.7 Å². The van der Waals surface area contributed by atoms with E-state index in [1.165, 1.54) is 41.4 Å². The molecule has 0 fully saturated rings. The van der Waals surface area contributed by atoms with E-state index in [-0.39, 0.29) is 5.56 Å². The summed E-state index contributed by atoms with van der Waals surface area (Å²) in [6.07, 6.45) is 4.91. The molecule has 5 N–H and O–H groups in total. The van der Waals surface area contributed by atoms with E-state index < -0.39 is 17.6 Å². The second-order valence-corrected chi connectivity index (χ2v) is 8.76. The Morgan fingerprint density at radius 1 is 1.14 bits per heavy atom. The van der Waals surface area contributed by atoms with E-state index in [1.807, 2.05) is 24.6 Å². The van der Waals surface area contributed by atoms with Crippen LogP contribution in [0.2, 0.25) is 0 Å². The number of alkyl halides is 3. The van der Waals surface area contributed by atoms with Crippen molar-refractivity contribution in [3.05, 3.63) is 77.0 Å². The highest BCUT2D eigenvalue weighted by Gasteiger charge is 2.36. The lowest BCUT2D eigenvalue weighted by Gasteiger charge is -2.27. The Bertz CT molecular complexity index is 1170. The summed E-state index contributed by atoms with van der Waals surface area (Å²) in [4.78, 5) is 8.68. The van der Waals surface area contributed by atoms with Crippen LogP contribution in [0.1, 0.15) is 75.1 Å². The molecule has 1 atom stereocenters. The molecule has 4 rings (SSSR count). The number of fused-ring (bicyclic) bond motifs is 1. The van der Waals surface area contributed by atoms with Crippen molar-refractivity contribution < 1.29 is 13.2 Å². The Kier molecular flexibility index (Phi) is 11.2. The molecule has 0 aliphatic heterocycles. The molecule has 1 aliphatic carbocycles. The first kappa shape index (κ1) is 29.9. The van der Waals surface area contributed by atoms with E-state index in [4.69, 9.17) is 11.6 Å². The Hall–Kier alpha value is -3.33. The van der Waals surface area contributed by atoms with Crippen LogP contribution >= 0.6 is 0 Å². The molecule has 1 aromatic carbocycles. The first-order valence-corrected chi connectivity index (χ1v) is 12.8. The summed E-state index contributed by atoms with van der Waals surface area (Å²) in [5.41, 5.74) is 11.0. The Morgan fingerprint density at radius 3 is 2.49 bits per heavy atom. The van der Waals surface area contributed by atoms with Crippen LogP contribution in [-0.2, 0) is 13.0 Å². The van der Waals surface area contributed by atoms with Crippen LogP contribution in [0.5, 0.6) is 0 Å². The lowest BCUT2D eigenvalue weighted by molar-refractivity contribution is -0.0961. The van der Waals surface area contributed by atoms with Crippen LogP contribution in [0.4, 0.5) is 13.2 Å². The third-order valence-electron chi connectivity index (χ3n) is 5.96. The zero-order valence-electron chi connectivity index (χ0n) is 22.4. The normalized spacial score (nSPS) is 15.3. The molecule has 6 nitrogen and oxygen atoms in total. The smallest absolute Gasteiger partial charge is 0.397 e. The average Bonchev–Trinajstić information content (AvgIpc) is 3.35. The van der Waals surface area contributed by atoms with Crippen LogP contribution in [0.25, 0.3) is 17.1 Å². The molecule has 2 heterocycles. The van der Waals surface area contributed by atoms with Crippen LogP contribution < -0.4 is 17.0 Å². The number of hydrogen-bond acceptors (Lipinski definition) is 5. The van der Waals surface area contributed by atoms with Gasteiger partial charge in [0.25, 0.3) is 0 Å². The van der Waals surface area contributed by atoms with Crippen molar-refractivity contribution >= 4 is 5.70 Å². The van der Waals surface area contributed by atoms with Crippen LogP contribution in [-0.4, -0.2) is 20.7 Å². The van der Waals surface area contributed by atoms with Crippen molar-refractivity contribution in [1.82, 2.24) is 20.0 Å². The molecule has 2 aromatic heterocycles. The maximum absolute atomic E-state index is 13.1. The summed E-state index contributed by atoms with van der Waals surface area (Å²) in [5, 5.41) is 0. The summed E-state index contributed by atoms with van der Waals surface area (Å²) in [6, 6.07) is 9.34. The topological polar surface area (TPSA) is 94.8 Å². The molecule has 1 unspecified atom stereocenters. The SMILES string of the molecule is CC.CCC.Cc1cccc2c1CCCC2Cn1cnc(-c2cc(/C(N)=C(/NN)C(F)(F)F)ccn2)c1. The summed E-state index contributed by atoms with van der Waals surface area (Å²) >= 11 is 0. The van der Waals surface area contributed by atoms with Gasteiger partial charge in [-0.1, -0.05) is 52.3 Å². The van der Waals surface area contributed by atoms with Gasteiger partial charge in [0.05, 0.1) is 17.7 Å². The fourth-order valence-electron chi connectivity index (χ4n) is 4.36. The second kappa shape index (κ2) is 13.8. The van der Waals surface area contributed by atoms with Crippen molar-refractivity contribution in [2.75, 3.05) is 0 Å². The fourth-order valence-corrected chi connectivity index (χ4v) is 4.36. The van der Waals surface area contributed by atoms with E-state index in [9.17, 15) is 13.2 Å². The van der Waals surface area contributed by atoms with E-state index in [1.54, 1.807) is 11.8 Å². The number of halogens is 3. The molecule has 0 amide bonds. The standard InChI is InChI=1S/C23H25F3N6.C3H8.C2H6/c1-14-4-2-7-18-16(5-3-6-17(14)18)11-32-12-20(30-13-32)19-10-15(8-9-29-19)21(27)22(31-28)23(24,25)26;1-3-2;1-2/h2,4,7-10,12-13,16,31H,3,5-6,11,27-28H2,1H3;3H2,1-2H3;1-2H3/b22-21-;;. The van der Waals surface area contributed by atoms with Gasteiger partial charge in [0.1, 0.15) is 5.69 Å². The minimum atomic E-state index is -4.70. The number of allylic oxidation sites excluding steroid dienone is 1. The summed E-state index contributed by atoms with van der Waals surface area (Å²) in [5.74, 6) is 5.43. The third-order valence-corrected chi connectivity index (χ3v) is 5.96. The van der Waals surface area contributed by atoms with Crippen molar-refractivity contribution in [3.8, 4) is 11.4 Å². The highest BCUT2D eigenvalue weighted by atomic mass is 19.4. The number of nitrogens with one attached hydrogen (secondary N) is 1. The molecular formula is C28H39F3N6. The first-order chi connectivity index (χ1) is 17.7. The molecule has 3 aromatic rings. The average molecular weight is 517 g/mol. The van der Waals surface area contributed by atoms with Gasteiger partial charge in [-0.05, 0) is 55.0 Å². The fraction of sp³-hybridized carbons (Fsp3) is 0.429. The Balaban J connectivity index is 0.000000898. The van der Waals surface area contributed by atoms with E-state index in [0.717, 1.165) is 25.8 Å². The van der Waals surface area contributed by atoms with Crippen LogP contribution in [0, 0.1) is 6.92 Å². The van der Waals surface area contributed by atoms with E-state index in [0.29, 0.717) is 17.3 Å². The maximum Gasteiger partial charge on any atom is 0.434 e. The zero-order valence-corrected chi connectivity index (χ0v) is 22.4. The molecular weight excluding hydrogens is 477 g/mol. The molecule has 0 radical (unpaired) electrons. The number of nitrogens with zero attached hydrogens (tertiary/aromatic N) is 3. The third kappa shape index (κ3) is 7.58. The molecule has 9 heteroatoms. The number of hydrazine groups is 1. The number of aryl methyl sites for hydroxylation is 1. The number of pyridine rings is 1. The number of nitrogens with two attached hydrogens (primary N) is 2. The van der Waals surface area contributed by atoms with Crippen molar-refractivity contribution in [2.45, 2.75) is 78.9 Å². The second-order valence-electron chi connectivity index (χ2n) is 8.76. The summed E-state index contributed by atoms with van der Waals surface area (Å²) < 4.78 is 41.4. The lowest BCUT2D eigenvalue weighted by Crippen LogP contribution is -2.34. The van der Waals surface area contributed by atoms with Crippen molar-refractivity contribution in [3.63, 3.8) is 0 Å². The van der Waals surface area contributed by atoms with Gasteiger partial charge in [-0.25, -0.2) is 4.98 Å². The number of benzene rings is 1. The number of imidazole rings is 1. The van der Waals surface area contributed by atoms with Crippen LogP contribution in [0.3, 0.4) is 0 Å². The predicted octanol–water partition coefficient (Wildman–Crippen LogP) is 6.47. The van der Waals surface area contributed by atoms with Crippen LogP contribution in [0.15, 0.2) is 54.7 Å². The molecule has 202 valence electrons. The van der Waals surface area contributed by atoms with Gasteiger partial charge in [0.15, 0.2) is 5.70 Å². The Labute approximate surface area is 218 Å². The molecule has 0 spiro atoms. The predicted molar refractivity (Wildman–Crippen MR) is 144 cm³/mol. The van der Waals surface area contributed by atoms with E-state index >= 15 is 0 Å². The largest absolute Gasteiger partial charge is 0.434 e. The van der Waals surface area contributed by atoms with Gasteiger partial charge >= 0.3 is 6.18 Å². The Morgan fingerprint density at radius 2 is 1.84 bits per heavy atom. The number of hydrogen-bond donors (Lipinski definition) is 3. The van der Waals surface area contributed by atoms with Gasteiger partial charge in [-0.3, -0.25) is 10.8 Å². The molecule has 0 saturated heterocycles. The van der Waals surface area contributed by atoms with E-state index in [2.05, 4.69) is 48.9 Å². The minimum Gasteiger partial charge on any atom is -0.397 e. The minimum absolute atomic E-state index is 0.159. The first-order valence-electron chi connectivity index (χ1n) is 12.8. The molecule has 37 heavy (non-hydrogen) atoms. The summed E-state index contributed by atoms with van der Waals surface area (Å²) in [7, 11) is 0. The quantitative estimate of drug-likeness (QED) is 0.267. The monoisotopic (exact) mass is 516 g/mol. The lowest BCUT2D eigenvalue weighted by atomic mass is 9.81.